The molecule has 0 heterocycles. The third-order valence-corrected chi connectivity index (χ3v) is 2.46. The molecule has 4 atom stereocenters. The molecule has 0 saturated heterocycles. The molecular weight excluding hydrogens is 310 g/mol. The van der Waals surface area contributed by atoms with E-state index in [2.05, 4.69) is 0 Å². The maximum absolute atomic E-state index is 11.3. The van der Waals surface area contributed by atoms with Crippen LogP contribution in [-0.2, 0) is 38.1 Å². The SMILES string of the molecule is CC(=O)O[C@H]([C@H](OC(C)=O)[C@H](C#N)OC(C)=O)[C@@H](C)OC(C)=O. The van der Waals surface area contributed by atoms with E-state index in [1.807, 2.05) is 0 Å². The highest BCUT2D eigenvalue weighted by Gasteiger charge is 2.41. The molecule has 0 aliphatic rings. The Morgan fingerprint density at radius 3 is 1.48 bits per heavy atom. The largest absolute Gasteiger partial charge is 0.459 e. The van der Waals surface area contributed by atoms with Crippen molar-refractivity contribution >= 4 is 23.9 Å². The van der Waals surface area contributed by atoms with Crippen molar-refractivity contribution in [2.75, 3.05) is 0 Å². The van der Waals surface area contributed by atoms with E-state index >= 15 is 0 Å². The smallest absolute Gasteiger partial charge is 0.304 e. The number of carbonyl (C=O) groups excluding carboxylic acids is 4. The second-order valence-electron chi connectivity index (χ2n) is 4.62. The number of ether oxygens (including phenoxy) is 4. The Morgan fingerprint density at radius 2 is 1.13 bits per heavy atom. The van der Waals surface area contributed by atoms with Gasteiger partial charge >= 0.3 is 23.9 Å². The van der Waals surface area contributed by atoms with E-state index in [4.69, 9.17) is 24.2 Å². The van der Waals surface area contributed by atoms with Crippen molar-refractivity contribution in [3.8, 4) is 6.07 Å². The Balaban J connectivity index is 5.63. The van der Waals surface area contributed by atoms with Crippen molar-refractivity contribution in [2.45, 2.75) is 59.0 Å². The predicted octanol–water partition coefficient (Wildman–Crippen LogP) is 0.257. The fourth-order valence-corrected chi connectivity index (χ4v) is 1.79. The van der Waals surface area contributed by atoms with Gasteiger partial charge in [-0.05, 0) is 6.92 Å². The molecule has 0 aromatic heterocycles. The van der Waals surface area contributed by atoms with Crippen LogP contribution in [0, 0.1) is 11.3 Å². The maximum atomic E-state index is 11.3. The molecule has 0 aromatic carbocycles. The highest BCUT2D eigenvalue weighted by Crippen LogP contribution is 2.18. The topological polar surface area (TPSA) is 129 Å². The summed E-state index contributed by atoms with van der Waals surface area (Å²) in [4.78, 5) is 44.7. The second kappa shape index (κ2) is 9.40. The lowest BCUT2D eigenvalue weighted by molar-refractivity contribution is -0.192. The lowest BCUT2D eigenvalue weighted by Gasteiger charge is -2.31. The van der Waals surface area contributed by atoms with Crippen LogP contribution in [0.2, 0.25) is 0 Å². The van der Waals surface area contributed by atoms with Gasteiger partial charge in [0.1, 0.15) is 12.2 Å². The summed E-state index contributed by atoms with van der Waals surface area (Å²) in [5.41, 5.74) is 0. The summed E-state index contributed by atoms with van der Waals surface area (Å²) in [6.07, 6.45) is -5.38. The van der Waals surface area contributed by atoms with E-state index in [0.717, 1.165) is 27.7 Å². The molecule has 9 heteroatoms. The number of carbonyl (C=O) groups is 4. The van der Waals surface area contributed by atoms with Crippen LogP contribution < -0.4 is 0 Å². The fraction of sp³-hybridized carbons (Fsp3) is 0.643. The molecule has 0 aliphatic carbocycles. The zero-order chi connectivity index (χ0) is 18.2. The van der Waals surface area contributed by atoms with Crippen molar-refractivity contribution in [1.82, 2.24) is 0 Å². The third kappa shape index (κ3) is 7.80. The first-order chi connectivity index (χ1) is 10.6. The zero-order valence-corrected chi connectivity index (χ0v) is 13.5. The molecule has 0 rings (SSSR count). The van der Waals surface area contributed by atoms with Gasteiger partial charge in [-0.15, -0.1) is 0 Å². The van der Waals surface area contributed by atoms with E-state index < -0.39 is 48.3 Å². The van der Waals surface area contributed by atoms with Crippen molar-refractivity contribution in [3.63, 3.8) is 0 Å². The quantitative estimate of drug-likeness (QED) is 0.476. The Bertz CT molecular complexity index is 509. The fourth-order valence-electron chi connectivity index (χ4n) is 1.79. The number of esters is 4. The lowest BCUT2D eigenvalue weighted by atomic mass is 10.0. The second-order valence-corrected chi connectivity index (χ2v) is 4.62. The molecule has 0 aromatic rings. The van der Waals surface area contributed by atoms with Crippen LogP contribution in [0.1, 0.15) is 34.6 Å². The van der Waals surface area contributed by atoms with E-state index in [-0.39, 0.29) is 0 Å². The molecule has 9 nitrogen and oxygen atoms in total. The molecule has 0 unspecified atom stereocenters. The number of hydrogen-bond acceptors (Lipinski definition) is 9. The number of nitrogens with zero attached hydrogens (tertiary/aromatic N) is 1. The molecule has 23 heavy (non-hydrogen) atoms. The van der Waals surface area contributed by atoms with Gasteiger partial charge in [0.2, 0.25) is 6.10 Å². The van der Waals surface area contributed by atoms with Gasteiger partial charge in [0.25, 0.3) is 0 Å². The molecule has 0 aliphatic heterocycles. The summed E-state index contributed by atoms with van der Waals surface area (Å²) in [6.45, 7) is 5.73. The first-order valence-electron chi connectivity index (χ1n) is 6.67. The average Bonchev–Trinajstić information content (AvgIpc) is 2.38. The summed E-state index contributed by atoms with van der Waals surface area (Å²) in [6, 6.07) is 1.65. The van der Waals surface area contributed by atoms with Crippen LogP contribution in [-0.4, -0.2) is 48.3 Å². The first kappa shape index (κ1) is 20.4. The molecule has 0 N–H and O–H groups in total. The van der Waals surface area contributed by atoms with E-state index in [9.17, 15) is 19.2 Å². The van der Waals surface area contributed by atoms with Crippen molar-refractivity contribution in [2.24, 2.45) is 0 Å². The van der Waals surface area contributed by atoms with Gasteiger partial charge in [0.15, 0.2) is 12.2 Å². The minimum absolute atomic E-state index is 0.669. The summed E-state index contributed by atoms with van der Waals surface area (Å²) in [7, 11) is 0. The Morgan fingerprint density at radius 1 is 0.739 bits per heavy atom. The molecular formula is C14H19NO8. The number of hydrogen-bond donors (Lipinski definition) is 0. The molecule has 0 amide bonds. The predicted molar refractivity (Wildman–Crippen MR) is 73.5 cm³/mol. The van der Waals surface area contributed by atoms with Crippen LogP contribution in [0.4, 0.5) is 0 Å². The highest BCUT2D eigenvalue weighted by molar-refractivity contribution is 5.69. The van der Waals surface area contributed by atoms with Gasteiger partial charge in [-0.3, -0.25) is 19.2 Å². The molecule has 0 radical (unpaired) electrons. The average molecular weight is 329 g/mol. The Labute approximate surface area is 133 Å². The monoisotopic (exact) mass is 329 g/mol. The molecule has 128 valence electrons. The molecule has 0 saturated carbocycles. The molecule has 0 bridgehead atoms. The summed E-state index contributed by atoms with van der Waals surface area (Å²) in [5, 5.41) is 9.14. The minimum atomic E-state index is -1.54. The first-order valence-corrected chi connectivity index (χ1v) is 6.67. The zero-order valence-electron chi connectivity index (χ0n) is 13.5. The van der Waals surface area contributed by atoms with Gasteiger partial charge in [-0.1, -0.05) is 0 Å². The van der Waals surface area contributed by atoms with Crippen LogP contribution in [0.15, 0.2) is 0 Å². The highest BCUT2D eigenvalue weighted by atomic mass is 16.6. The minimum Gasteiger partial charge on any atom is -0.459 e. The Kier molecular flexibility index (Phi) is 8.33. The van der Waals surface area contributed by atoms with Crippen molar-refractivity contribution in [1.29, 1.82) is 5.26 Å². The van der Waals surface area contributed by atoms with Gasteiger partial charge in [-0.2, -0.15) is 5.26 Å². The number of nitriles is 1. The molecule has 0 spiro atoms. The Hall–Kier alpha value is -2.63. The van der Waals surface area contributed by atoms with Crippen molar-refractivity contribution in [3.05, 3.63) is 0 Å². The summed E-state index contributed by atoms with van der Waals surface area (Å²) < 4.78 is 19.7. The normalized spacial score (nSPS) is 15.1. The van der Waals surface area contributed by atoms with E-state index in [1.165, 1.54) is 6.92 Å². The van der Waals surface area contributed by atoms with Crippen LogP contribution in [0.3, 0.4) is 0 Å². The van der Waals surface area contributed by atoms with E-state index in [0.29, 0.717) is 0 Å². The van der Waals surface area contributed by atoms with Crippen molar-refractivity contribution < 1.29 is 38.1 Å². The number of rotatable bonds is 7. The third-order valence-electron chi connectivity index (χ3n) is 2.46. The standard InChI is InChI=1S/C14H19NO8/c1-7(20-8(2)16)13(22-10(4)18)14(23-11(5)19)12(6-15)21-9(3)17/h7,12-14H,1-5H3/t7-,12+,13+,14-/m1/s1. The van der Waals surface area contributed by atoms with Crippen LogP contribution in [0.25, 0.3) is 0 Å². The lowest BCUT2D eigenvalue weighted by Crippen LogP contribution is -2.50. The maximum Gasteiger partial charge on any atom is 0.304 e. The molecule has 0 fully saturated rings. The van der Waals surface area contributed by atoms with Crippen LogP contribution in [0.5, 0.6) is 0 Å². The van der Waals surface area contributed by atoms with Gasteiger partial charge in [0, 0.05) is 27.7 Å². The van der Waals surface area contributed by atoms with Gasteiger partial charge in [0.05, 0.1) is 0 Å². The van der Waals surface area contributed by atoms with Crippen LogP contribution >= 0.6 is 0 Å². The van der Waals surface area contributed by atoms with Gasteiger partial charge in [-0.25, -0.2) is 0 Å². The van der Waals surface area contributed by atoms with Gasteiger partial charge < -0.3 is 18.9 Å². The summed E-state index contributed by atoms with van der Waals surface area (Å²) >= 11 is 0. The van der Waals surface area contributed by atoms with E-state index in [1.54, 1.807) is 6.07 Å². The summed E-state index contributed by atoms with van der Waals surface area (Å²) in [5.74, 6) is -3.02.